The van der Waals surface area contributed by atoms with E-state index in [-0.39, 0.29) is 17.2 Å². The molecule has 0 aliphatic carbocycles. The molecule has 2 aromatic carbocycles. The Morgan fingerprint density at radius 1 is 1.17 bits per heavy atom. The molecule has 5 nitrogen and oxygen atoms in total. The molecule has 24 heavy (non-hydrogen) atoms. The zero-order valence-corrected chi connectivity index (χ0v) is 13.7. The van der Waals surface area contributed by atoms with Gasteiger partial charge in [0.25, 0.3) is 0 Å². The van der Waals surface area contributed by atoms with Crippen LogP contribution in [-0.2, 0) is 15.6 Å². The van der Waals surface area contributed by atoms with Crippen molar-refractivity contribution in [1.29, 1.82) is 0 Å². The van der Waals surface area contributed by atoms with Crippen LogP contribution in [0.2, 0.25) is 0 Å². The summed E-state index contributed by atoms with van der Waals surface area (Å²) in [6, 6.07) is 13.4. The number of rotatable bonds is 5. The molecule has 1 heterocycles. The van der Waals surface area contributed by atoms with Crippen LogP contribution in [0.3, 0.4) is 0 Å². The van der Waals surface area contributed by atoms with Crippen molar-refractivity contribution in [2.45, 2.75) is 17.4 Å². The van der Waals surface area contributed by atoms with Gasteiger partial charge < -0.3 is 9.52 Å². The molecule has 3 aromatic rings. The predicted octanol–water partition coefficient (Wildman–Crippen LogP) is 2.76. The average molecular weight is 349 g/mol. The van der Waals surface area contributed by atoms with Gasteiger partial charge in [0.15, 0.2) is 0 Å². The van der Waals surface area contributed by atoms with Gasteiger partial charge in [0.1, 0.15) is 22.8 Å². The normalized spacial score (nSPS) is 14.6. The van der Waals surface area contributed by atoms with Crippen molar-refractivity contribution >= 4 is 21.0 Å². The molecule has 126 valence electrons. The highest BCUT2D eigenvalue weighted by Crippen LogP contribution is 2.27. The van der Waals surface area contributed by atoms with Crippen molar-refractivity contribution < 1.29 is 22.3 Å². The second-order valence-corrected chi connectivity index (χ2v) is 7.47. The van der Waals surface area contributed by atoms with Gasteiger partial charge in [-0.3, -0.25) is 0 Å². The van der Waals surface area contributed by atoms with Crippen LogP contribution in [0.4, 0.5) is 4.39 Å². The topological polar surface area (TPSA) is 79.5 Å². The van der Waals surface area contributed by atoms with Gasteiger partial charge in [-0.25, -0.2) is 17.5 Å². The Kier molecular flexibility index (Phi) is 4.16. The van der Waals surface area contributed by atoms with Crippen LogP contribution >= 0.6 is 0 Å². The summed E-state index contributed by atoms with van der Waals surface area (Å²) in [5.41, 5.74) is -0.930. The van der Waals surface area contributed by atoms with Crippen LogP contribution in [0.1, 0.15) is 12.7 Å². The molecule has 0 saturated carbocycles. The molecule has 0 aliphatic heterocycles. The summed E-state index contributed by atoms with van der Waals surface area (Å²) in [6.07, 6.45) is 0. The molecule has 3 rings (SSSR count). The fraction of sp³-hybridized carbons (Fsp3) is 0.176. The van der Waals surface area contributed by atoms with Crippen LogP contribution in [0.5, 0.6) is 0 Å². The van der Waals surface area contributed by atoms with Gasteiger partial charge in [-0.1, -0.05) is 18.2 Å². The fourth-order valence-corrected chi connectivity index (χ4v) is 3.40. The molecule has 0 amide bonds. The SMILES string of the molecule is C[C@@](O)(CNS(=O)(=O)c1ccc(F)cc1)c1cc2ccccc2o1. The Morgan fingerprint density at radius 2 is 1.83 bits per heavy atom. The van der Waals surface area contributed by atoms with E-state index in [2.05, 4.69) is 4.72 Å². The Bertz CT molecular complexity index is 929. The first-order valence-electron chi connectivity index (χ1n) is 7.25. The number of hydrogen-bond donors (Lipinski definition) is 2. The largest absolute Gasteiger partial charge is 0.458 e. The number of furan rings is 1. The van der Waals surface area contributed by atoms with Crippen LogP contribution in [-0.4, -0.2) is 20.1 Å². The lowest BCUT2D eigenvalue weighted by atomic mass is 10.0. The first-order chi connectivity index (χ1) is 11.3. The highest BCUT2D eigenvalue weighted by molar-refractivity contribution is 7.89. The minimum Gasteiger partial charge on any atom is -0.458 e. The number of para-hydroxylation sites is 1. The minimum atomic E-state index is -3.87. The molecule has 1 aromatic heterocycles. The van der Waals surface area contributed by atoms with Crippen LogP contribution in [0, 0.1) is 5.82 Å². The molecule has 0 fully saturated rings. The van der Waals surface area contributed by atoms with Crippen LogP contribution in [0.25, 0.3) is 11.0 Å². The average Bonchev–Trinajstić information content (AvgIpc) is 2.99. The number of benzene rings is 2. The molecule has 1 atom stereocenters. The van der Waals surface area contributed by atoms with E-state index in [1.54, 1.807) is 12.1 Å². The summed E-state index contributed by atoms with van der Waals surface area (Å²) in [5, 5.41) is 11.4. The molecule has 0 spiro atoms. The Labute approximate surface area is 138 Å². The number of halogens is 1. The van der Waals surface area contributed by atoms with E-state index in [1.807, 2.05) is 18.2 Å². The molecular weight excluding hydrogens is 333 g/mol. The van der Waals surface area contributed by atoms with E-state index in [9.17, 15) is 17.9 Å². The quantitative estimate of drug-likeness (QED) is 0.742. The fourth-order valence-electron chi connectivity index (χ4n) is 2.27. The smallest absolute Gasteiger partial charge is 0.240 e. The maximum absolute atomic E-state index is 12.9. The Morgan fingerprint density at radius 3 is 2.50 bits per heavy atom. The van der Waals surface area contributed by atoms with Gasteiger partial charge in [0.2, 0.25) is 10.0 Å². The number of aliphatic hydroxyl groups is 1. The molecule has 0 unspecified atom stereocenters. The highest BCUT2D eigenvalue weighted by atomic mass is 32.2. The molecule has 0 aliphatic rings. The van der Waals surface area contributed by atoms with Gasteiger partial charge in [-0.15, -0.1) is 0 Å². The summed E-state index contributed by atoms with van der Waals surface area (Å²) < 4.78 is 45.2. The number of sulfonamides is 1. The number of nitrogens with one attached hydrogen (secondary N) is 1. The van der Waals surface area contributed by atoms with E-state index in [0.717, 1.165) is 29.7 Å². The van der Waals surface area contributed by atoms with Gasteiger partial charge in [0, 0.05) is 11.9 Å². The molecule has 0 radical (unpaired) electrons. The van der Waals surface area contributed by atoms with E-state index in [1.165, 1.54) is 6.92 Å². The summed E-state index contributed by atoms with van der Waals surface area (Å²) in [4.78, 5) is -0.0793. The zero-order valence-electron chi connectivity index (χ0n) is 12.9. The second kappa shape index (κ2) is 6.01. The lowest BCUT2D eigenvalue weighted by molar-refractivity contribution is 0.0412. The van der Waals surface area contributed by atoms with E-state index in [4.69, 9.17) is 4.42 Å². The zero-order chi connectivity index (χ0) is 17.4. The van der Waals surface area contributed by atoms with Gasteiger partial charge in [-0.2, -0.15) is 0 Å². The van der Waals surface area contributed by atoms with Crippen molar-refractivity contribution in [3.8, 4) is 0 Å². The molecule has 7 heteroatoms. The van der Waals surface area contributed by atoms with Crippen molar-refractivity contribution in [3.63, 3.8) is 0 Å². The maximum atomic E-state index is 12.9. The lowest BCUT2D eigenvalue weighted by Gasteiger charge is -2.21. The van der Waals surface area contributed by atoms with Gasteiger partial charge in [0.05, 0.1) is 4.90 Å². The summed E-state index contributed by atoms with van der Waals surface area (Å²) >= 11 is 0. The Hall–Kier alpha value is -2.22. The highest BCUT2D eigenvalue weighted by Gasteiger charge is 2.29. The summed E-state index contributed by atoms with van der Waals surface area (Å²) in [5.74, 6) is -0.270. The molecule has 0 bridgehead atoms. The monoisotopic (exact) mass is 349 g/mol. The third-order valence-corrected chi connectivity index (χ3v) is 5.10. The van der Waals surface area contributed by atoms with E-state index < -0.39 is 21.4 Å². The van der Waals surface area contributed by atoms with Crippen molar-refractivity contribution in [2.75, 3.05) is 6.54 Å². The van der Waals surface area contributed by atoms with E-state index >= 15 is 0 Å². The predicted molar refractivity (Wildman–Crippen MR) is 87.4 cm³/mol. The standard InChI is InChI=1S/C17H16FNO4S/c1-17(20,16-10-12-4-2-3-5-15(12)23-16)11-19-24(21,22)14-8-6-13(18)7-9-14/h2-10,19-20H,11H2,1H3/t17-/m1/s1. The van der Waals surface area contributed by atoms with E-state index in [0.29, 0.717) is 5.58 Å². The van der Waals surface area contributed by atoms with Gasteiger partial charge in [-0.05, 0) is 43.3 Å². The first-order valence-corrected chi connectivity index (χ1v) is 8.73. The van der Waals surface area contributed by atoms with Crippen LogP contribution in [0.15, 0.2) is 63.9 Å². The summed E-state index contributed by atoms with van der Waals surface area (Å²) in [7, 11) is -3.87. The number of fused-ring (bicyclic) bond motifs is 1. The first kappa shape index (κ1) is 16.6. The third-order valence-electron chi connectivity index (χ3n) is 3.69. The molecule has 2 N–H and O–H groups in total. The Balaban J connectivity index is 1.80. The summed E-state index contributed by atoms with van der Waals surface area (Å²) in [6.45, 7) is 1.17. The lowest BCUT2D eigenvalue weighted by Crippen LogP contribution is -2.38. The molecule has 0 saturated heterocycles. The maximum Gasteiger partial charge on any atom is 0.240 e. The minimum absolute atomic E-state index is 0.0793. The van der Waals surface area contributed by atoms with Crippen molar-refractivity contribution in [3.05, 3.63) is 66.2 Å². The van der Waals surface area contributed by atoms with Crippen molar-refractivity contribution in [1.82, 2.24) is 4.72 Å². The third kappa shape index (κ3) is 3.33. The van der Waals surface area contributed by atoms with Gasteiger partial charge >= 0.3 is 0 Å². The second-order valence-electron chi connectivity index (χ2n) is 5.70. The number of hydrogen-bond acceptors (Lipinski definition) is 4. The molecular formula is C17H16FNO4S. The van der Waals surface area contributed by atoms with Crippen molar-refractivity contribution in [2.24, 2.45) is 0 Å². The van der Waals surface area contributed by atoms with Crippen LogP contribution < -0.4 is 4.72 Å².